The summed E-state index contributed by atoms with van der Waals surface area (Å²) in [5.74, 6) is -0.620. The second-order valence-electron chi connectivity index (χ2n) is 4.54. The lowest BCUT2D eigenvalue weighted by atomic mass is 9.92. The Morgan fingerprint density at radius 3 is 2.61 bits per heavy atom. The van der Waals surface area contributed by atoms with Crippen molar-refractivity contribution in [1.82, 2.24) is 5.32 Å². The van der Waals surface area contributed by atoms with E-state index in [1.54, 1.807) is 0 Å². The van der Waals surface area contributed by atoms with Gasteiger partial charge in [0.15, 0.2) is 0 Å². The zero-order chi connectivity index (χ0) is 13.8. The van der Waals surface area contributed by atoms with Gasteiger partial charge in [-0.15, -0.1) is 0 Å². The first kappa shape index (κ1) is 15.2. The lowest BCUT2D eigenvalue weighted by Gasteiger charge is -2.29. The van der Waals surface area contributed by atoms with Crippen LogP contribution in [0.5, 0.6) is 0 Å². The Kier molecular flexibility index (Phi) is 5.40. The van der Waals surface area contributed by atoms with E-state index in [0.29, 0.717) is 12.8 Å². The molecule has 0 aliphatic heterocycles. The molecular weight excluding hydrogens is 251 g/mol. The first-order valence-corrected chi connectivity index (χ1v) is 5.96. The number of carbonyl (C=O) groups excluding carboxylic acids is 1. The quantitative estimate of drug-likeness (QED) is 0.810. The summed E-state index contributed by atoms with van der Waals surface area (Å²) in [5, 5.41) is 12.1. The summed E-state index contributed by atoms with van der Waals surface area (Å²) in [6.45, 7) is -0.189. The van der Waals surface area contributed by atoms with Gasteiger partial charge in [0.2, 0.25) is 5.91 Å². The summed E-state index contributed by atoms with van der Waals surface area (Å²) >= 11 is 0. The Balaban J connectivity index is 2.35. The number of carbonyl (C=O) groups is 1. The fourth-order valence-corrected chi connectivity index (χ4v) is 1.87. The molecule has 0 aromatic carbocycles. The average molecular weight is 269 g/mol. The third-order valence-electron chi connectivity index (χ3n) is 2.92. The summed E-state index contributed by atoms with van der Waals surface area (Å²) in [4.78, 5) is 11.6. The number of aliphatic hydroxyl groups is 1. The SMILES string of the molecule is CC(OCC(F)(F)F)C(=O)NC1CCCCC1O. The summed E-state index contributed by atoms with van der Waals surface area (Å²) in [6, 6.07) is -0.386. The third kappa shape index (κ3) is 5.22. The Hall–Kier alpha value is -0.820. The molecule has 4 nitrogen and oxygen atoms in total. The number of hydrogen-bond donors (Lipinski definition) is 2. The van der Waals surface area contributed by atoms with Crippen molar-refractivity contribution in [3.63, 3.8) is 0 Å². The maximum absolute atomic E-state index is 11.9. The van der Waals surface area contributed by atoms with E-state index in [1.165, 1.54) is 6.92 Å². The zero-order valence-corrected chi connectivity index (χ0v) is 10.2. The zero-order valence-electron chi connectivity index (χ0n) is 10.2. The number of amides is 1. The number of aliphatic hydroxyl groups excluding tert-OH is 1. The van der Waals surface area contributed by atoms with E-state index < -0.39 is 30.9 Å². The van der Waals surface area contributed by atoms with Crippen molar-refractivity contribution >= 4 is 5.91 Å². The monoisotopic (exact) mass is 269 g/mol. The Morgan fingerprint density at radius 2 is 2.06 bits per heavy atom. The molecule has 0 spiro atoms. The number of hydrogen-bond acceptors (Lipinski definition) is 3. The van der Waals surface area contributed by atoms with Gasteiger partial charge in [0.25, 0.3) is 0 Å². The molecule has 1 aliphatic carbocycles. The summed E-state index contributed by atoms with van der Waals surface area (Å²) in [5.41, 5.74) is 0. The van der Waals surface area contributed by atoms with Crippen LogP contribution in [0.3, 0.4) is 0 Å². The van der Waals surface area contributed by atoms with Gasteiger partial charge in [0.05, 0.1) is 12.1 Å². The lowest BCUT2D eigenvalue weighted by molar-refractivity contribution is -0.186. The highest BCUT2D eigenvalue weighted by atomic mass is 19.4. The third-order valence-corrected chi connectivity index (χ3v) is 2.92. The molecule has 0 aromatic rings. The molecule has 0 radical (unpaired) electrons. The summed E-state index contributed by atoms with van der Waals surface area (Å²) < 4.78 is 40.1. The largest absolute Gasteiger partial charge is 0.411 e. The van der Waals surface area contributed by atoms with Gasteiger partial charge in [-0.05, 0) is 19.8 Å². The first-order chi connectivity index (χ1) is 8.29. The molecule has 0 aromatic heterocycles. The number of alkyl halides is 3. The van der Waals surface area contributed by atoms with Crippen molar-refractivity contribution in [2.45, 2.75) is 57.0 Å². The Bertz CT molecular complexity index is 283. The predicted molar refractivity (Wildman–Crippen MR) is 57.9 cm³/mol. The maximum Gasteiger partial charge on any atom is 0.411 e. The lowest BCUT2D eigenvalue weighted by Crippen LogP contribution is -2.48. The molecule has 1 aliphatic rings. The molecule has 3 atom stereocenters. The van der Waals surface area contributed by atoms with E-state index in [1.807, 2.05) is 0 Å². The summed E-state index contributed by atoms with van der Waals surface area (Å²) in [7, 11) is 0. The van der Waals surface area contributed by atoms with Gasteiger partial charge < -0.3 is 15.2 Å². The second-order valence-corrected chi connectivity index (χ2v) is 4.54. The van der Waals surface area contributed by atoms with Crippen LogP contribution >= 0.6 is 0 Å². The minimum atomic E-state index is -4.45. The molecule has 0 saturated heterocycles. The molecule has 1 saturated carbocycles. The molecule has 18 heavy (non-hydrogen) atoms. The van der Waals surface area contributed by atoms with E-state index in [0.717, 1.165) is 12.8 Å². The fraction of sp³-hybridized carbons (Fsp3) is 0.909. The van der Waals surface area contributed by atoms with E-state index in [9.17, 15) is 23.1 Å². The molecule has 0 bridgehead atoms. The van der Waals surface area contributed by atoms with Crippen LogP contribution in [0, 0.1) is 0 Å². The topological polar surface area (TPSA) is 58.6 Å². The van der Waals surface area contributed by atoms with Gasteiger partial charge in [-0.1, -0.05) is 12.8 Å². The van der Waals surface area contributed by atoms with Crippen molar-refractivity contribution in [2.24, 2.45) is 0 Å². The van der Waals surface area contributed by atoms with Crippen molar-refractivity contribution in [1.29, 1.82) is 0 Å². The maximum atomic E-state index is 11.9. The standard InChI is InChI=1S/C11H18F3NO3/c1-7(18-6-11(12,13)14)10(17)15-8-4-2-3-5-9(8)16/h7-9,16H,2-6H2,1H3,(H,15,17). The molecule has 0 heterocycles. The molecule has 3 unspecified atom stereocenters. The van der Waals surface area contributed by atoms with Crippen LogP contribution < -0.4 is 5.32 Å². The molecule has 1 fully saturated rings. The van der Waals surface area contributed by atoms with Gasteiger partial charge in [-0.3, -0.25) is 4.79 Å². The van der Waals surface area contributed by atoms with Crippen molar-refractivity contribution in [3.8, 4) is 0 Å². The van der Waals surface area contributed by atoms with E-state index in [-0.39, 0.29) is 6.04 Å². The molecule has 106 valence electrons. The van der Waals surface area contributed by atoms with E-state index in [4.69, 9.17) is 0 Å². The molecule has 7 heteroatoms. The molecule has 1 amide bonds. The molecule has 1 rings (SSSR count). The van der Waals surface area contributed by atoms with Crippen LogP contribution in [0.25, 0.3) is 0 Å². The predicted octanol–water partition coefficient (Wildman–Crippen LogP) is 1.37. The van der Waals surface area contributed by atoms with Gasteiger partial charge in [0.1, 0.15) is 12.7 Å². The number of nitrogens with one attached hydrogen (secondary N) is 1. The van der Waals surface area contributed by atoms with E-state index >= 15 is 0 Å². The minimum absolute atomic E-state index is 0.386. The number of halogens is 3. The number of ether oxygens (including phenoxy) is 1. The van der Waals surface area contributed by atoms with Crippen LogP contribution in [0.4, 0.5) is 13.2 Å². The van der Waals surface area contributed by atoms with Crippen molar-refractivity contribution in [3.05, 3.63) is 0 Å². The second kappa shape index (κ2) is 6.38. The van der Waals surface area contributed by atoms with Gasteiger partial charge in [0, 0.05) is 0 Å². The molecule has 2 N–H and O–H groups in total. The van der Waals surface area contributed by atoms with Gasteiger partial charge >= 0.3 is 6.18 Å². The highest BCUT2D eigenvalue weighted by Crippen LogP contribution is 2.19. The molecular formula is C11H18F3NO3. The van der Waals surface area contributed by atoms with Crippen LogP contribution in [0.1, 0.15) is 32.6 Å². The van der Waals surface area contributed by atoms with E-state index in [2.05, 4.69) is 10.1 Å². The minimum Gasteiger partial charge on any atom is -0.391 e. The first-order valence-electron chi connectivity index (χ1n) is 5.96. The fourth-order valence-electron chi connectivity index (χ4n) is 1.87. The van der Waals surface area contributed by atoms with Crippen molar-refractivity contribution in [2.75, 3.05) is 6.61 Å². The number of rotatable bonds is 4. The van der Waals surface area contributed by atoms with Crippen LogP contribution in [-0.2, 0) is 9.53 Å². The van der Waals surface area contributed by atoms with Gasteiger partial charge in [-0.25, -0.2) is 0 Å². The van der Waals surface area contributed by atoms with Crippen LogP contribution in [-0.4, -0.2) is 42.0 Å². The van der Waals surface area contributed by atoms with Crippen LogP contribution in [0.2, 0.25) is 0 Å². The Labute approximate surface area is 103 Å². The highest BCUT2D eigenvalue weighted by Gasteiger charge is 2.31. The van der Waals surface area contributed by atoms with Crippen molar-refractivity contribution < 1.29 is 27.8 Å². The van der Waals surface area contributed by atoms with Gasteiger partial charge in [-0.2, -0.15) is 13.2 Å². The normalized spacial score (nSPS) is 26.7. The smallest absolute Gasteiger partial charge is 0.391 e. The average Bonchev–Trinajstić information content (AvgIpc) is 2.28. The Morgan fingerprint density at radius 1 is 1.44 bits per heavy atom. The van der Waals surface area contributed by atoms with Crippen LogP contribution in [0.15, 0.2) is 0 Å². The summed E-state index contributed by atoms with van der Waals surface area (Å²) in [6.07, 6.45) is -3.23. The highest BCUT2D eigenvalue weighted by molar-refractivity contribution is 5.80.